The zero-order valence-corrected chi connectivity index (χ0v) is 14.3. The number of sulfone groups is 1. The molecular formula is C16H19F2NO5S. The number of aliphatic carboxylic acids is 1. The Bertz CT molecular complexity index is 766. The molecule has 1 amide bonds. The van der Waals surface area contributed by atoms with Crippen LogP contribution >= 0.6 is 0 Å². The lowest BCUT2D eigenvalue weighted by Crippen LogP contribution is -2.34. The minimum atomic E-state index is -3.14. The molecule has 0 radical (unpaired) electrons. The van der Waals surface area contributed by atoms with E-state index in [0.29, 0.717) is 6.42 Å². The van der Waals surface area contributed by atoms with Gasteiger partial charge in [0, 0.05) is 25.1 Å². The van der Waals surface area contributed by atoms with E-state index in [4.69, 9.17) is 5.11 Å². The van der Waals surface area contributed by atoms with Crippen LogP contribution in [0.25, 0.3) is 0 Å². The van der Waals surface area contributed by atoms with Gasteiger partial charge in [-0.2, -0.15) is 0 Å². The van der Waals surface area contributed by atoms with Crippen LogP contribution in [-0.4, -0.2) is 48.4 Å². The molecule has 0 aromatic heterocycles. The first-order valence-electron chi connectivity index (χ1n) is 7.81. The molecular weight excluding hydrogens is 356 g/mol. The van der Waals surface area contributed by atoms with Gasteiger partial charge in [-0.25, -0.2) is 17.2 Å². The van der Waals surface area contributed by atoms with E-state index in [1.807, 2.05) is 0 Å². The Morgan fingerprint density at radius 2 is 2.00 bits per heavy atom. The van der Waals surface area contributed by atoms with Crippen LogP contribution in [0.15, 0.2) is 18.2 Å². The number of hydrogen-bond donors (Lipinski definition) is 1. The molecule has 1 atom stereocenters. The van der Waals surface area contributed by atoms with Crippen LogP contribution in [0.4, 0.5) is 8.78 Å². The molecule has 9 heteroatoms. The van der Waals surface area contributed by atoms with Crippen molar-refractivity contribution >= 4 is 21.7 Å². The van der Waals surface area contributed by atoms with E-state index in [1.165, 1.54) is 12.1 Å². The zero-order valence-electron chi connectivity index (χ0n) is 13.5. The van der Waals surface area contributed by atoms with Crippen LogP contribution < -0.4 is 0 Å². The lowest BCUT2D eigenvalue weighted by Gasteiger charge is -2.24. The van der Waals surface area contributed by atoms with Gasteiger partial charge < -0.3 is 10.0 Å². The lowest BCUT2D eigenvalue weighted by molar-refractivity contribution is -0.139. The number of halogens is 2. The predicted molar refractivity (Wildman–Crippen MR) is 85.4 cm³/mol. The van der Waals surface area contributed by atoms with Gasteiger partial charge in [-0.3, -0.25) is 9.59 Å². The van der Waals surface area contributed by atoms with E-state index in [0.717, 1.165) is 11.0 Å². The van der Waals surface area contributed by atoms with Crippen molar-refractivity contribution < 1.29 is 31.9 Å². The van der Waals surface area contributed by atoms with Gasteiger partial charge in [0.2, 0.25) is 5.91 Å². The fraction of sp³-hybridized carbons (Fsp3) is 0.500. The molecule has 1 aliphatic heterocycles. The first-order valence-corrected chi connectivity index (χ1v) is 9.63. The van der Waals surface area contributed by atoms with Crippen molar-refractivity contribution in [3.8, 4) is 0 Å². The van der Waals surface area contributed by atoms with Gasteiger partial charge in [0.25, 0.3) is 0 Å². The zero-order chi connectivity index (χ0) is 18.6. The normalized spacial score (nSPS) is 18.9. The third-order valence-corrected chi connectivity index (χ3v) is 5.97. The van der Waals surface area contributed by atoms with E-state index in [2.05, 4.69) is 0 Å². The van der Waals surface area contributed by atoms with Crippen LogP contribution in [0.3, 0.4) is 0 Å². The number of rotatable bonds is 7. The molecule has 1 aliphatic rings. The Hall–Kier alpha value is -2.03. The number of carboxylic acids is 1. The Labute approximate surface area is 144 Å². The predicted octanol–water partition coefficient (Wildman–Crippen LogP) is 1.59. The molecule has 0 spiro atoms. The molecule has 138 valence electrons. The molecule has 0 unspecified atom stereocenters. The van der Waals surface area contributed by atoms with Gasteiger partial charge >= 0.3 is 5.97 Å². The number of carbonyl (C=O) groups is 2. The van der Waals surface area contributed by atoms with E-state index >= 15 is 0 Å². The quantitative estimate of drug-likeness (QED) is 0.781. The number of hydrogen-bond acceptors (Lipinski definition) is 4. The highest BCUT2D eigenvalue weighted by Gasteiger charge is 2.31. The molecule has 6 nitrogen and oxygen atoms in total. The maximum atomic E-state index is 13.8. The molecule has 1 fully saturated rings. The van der Waals surface area contributed by atoms with Crippen LogP contribution in [0.2, 0.25) is 0 Å². The molecule has 1 heterocycles. The van der Waals surface area contributed by atoms with Crippen molar-refractivity contribution in [2.24, 2.45) is 5.92 Å². The second-order valence-electron chi connectivity index (χ2n) is 6.15. The van der Waals surface area contributed by atoms with E-state index in [1.54, 1.807) is 0 Å². The van der Waals surface area contributed by atoms with Crippen molar-refractivity contribution in [3.05, 3.63) is 35.4 Å². The van der Waals surface area contributed by atoms with Crippen molar-refractivity contribution in [1.82, 2.24) is 4.90 Å². The molecule has 1 aromatic carbocycles. The van der Waals surface area contributed by atoms with Gasteiger partial charge in [0.15, 0.2) is 21.5 Å². The van der Waals surface area contributed by atoms with Crippen molar-refractivity contribution in [2.45, 2.75) is 25.8 Å². The van der Waals surface area contributed by atoms with E-state index < -0.39 is 33.3 Å². The summed E-state index contributed by atoms with van der Waals surface area (Å²) in [4.78, 5) is 24.4. The average molecular weight is 375 g/mol. The van der Waals surface area contributed by atoms with Crippen molar-refractivity contribution in [1.29, 1.82) is 0 Å². The molecule has 25 heavy (non-hydrogen) atoms. The number of amides is 1. The van der Waals surface area contributed by atoms with Crippen molar-refractivity contribution in [2.75, 3.05) is 18.1 Å². The van der Waals surface area contributed by atoms with Gasteiger partial charge in [0.1, 0.15) is 0 Å². The Balaban J connectivity index is 2.10. The number of carbonyl (C=O) groups excluding carboxylic acids is 1. The molecule has 1 N–H and O–H groups in total. The minimum absolute atomic E-state index is 0.0264. The molecule has 1 saturated heterocycles. The Morgan fingerprint density at radius 3 is 2.60 bits per heavy atom. The van der Waals surface area contributed by atoms with Crippen LogP contribution in [0.5, 0.6) is 0 Å². The third kappa shape index (κ3) is 5.48. The highest BCUT2D eigenvalue weighted by molar-refractivity contribution is 7.91. The van der Waals surface area contributed by atoms with Crippen LogP contribution in [0, 0.1) is 17.6 Å². The first-order chi connectivity index (χ1) is 11.7. The molecule has 0 saturated carbocycles. The Morgan fingerprint density at radius 1 is 1.28 bits per heavy atom. The molecule has 1 aromatic rings. The summed E-state index contributed by atoms with van der Waals surface area (Å²) >= 11 is 0. The maximum Gasteiger partial charge on any atom is 0.305 e. The number of carboxylic acid groups (broad SMARTS) is 1. The van der Waals surface area contributed by atoms with Gasteiger partial charge in [0.05, 0.1) is 17.9 Å². The molecule has 0 aliphatic carbocycles. The topological polar surface area (TPSA) is 91.8 Å². The van der Waals surface area contributed by atoms with Crippen LogP contribution in [-0.2, 0) is 26.0 Å². The average Bonchev–Trinajstić information content (AvgIpc) is 2.86. The fourth-order valence-electron chi connectivity index (χ4n) is 2.81. The van der Waals surface area contributed by atoms with Gasteiger partial charge in [-0.1, -0.05) is 12.1 Å². The lowest BCUT2D eigenvalue weighted by atomic mass is 10.0. The smallest absolute Gasteiger partial charge is 0.305 e. The van der Waals surface area contributed by atoms with Gasteiger partial charge in [-0.15, -0.1) is 0 Å². The largest absolute Gasteiger partial charge is 0.481 e. The first kappa shape index (κ1) is 19.3. The summed E-state index contributed by atoms with van der Waals surface area (Å²) in [6.07, 6.45) is -0.0312. The molecule has 0 bridgehead atoms. The maximum absolute atomic E-state index is 13.8. The summed E-state index contributed by atoms with van der Waals surface area (Å²) in [7, 11) is -3.14. The molecule has 2 rings (SSSR count). The van der Waals surface area contributed by atoms with Crippen LogP contribution in [0.1, 0.15) is 24.8 Å². The highest BCUT2D eigenvalue weighted by atomic mass is 32.2. The SMILES string of the molecule is O=C(O)CCN(Cc1cccc(F)c1F)C(=O)C[C@@H]1CCS(=O)(=O)C1. The summed E-state index contributed by atoms with van der Waals surface area (Å²) < 4.78 is 50.1. The Kier molecular flexibility index (Phi) is 6.10. The monoisotopic (exact) mass is 375 g/mol. The summed E-state index contributed by atoms with van der Waals surface area (Å²) in [5.74, 6) is -4.11. The van der Waals surface area contributed by atoms with E-state index in [-0.39, 0.29) is 48.9 Å². The number of nitrogens with zero attached hydrogens (tertiary/aromatic N) is 1. The fourth-order valence-corrected chi connectivity index (χ4v) is 4.67. The summed E-state index contributed by atoms with van der Waals surface area (Å²) in [6, 6.07) is 3.57. The summed E-state index contributed by atoms with van der Waals surface area (Å²) in [5, 5.41) is 8.81. The summed E-state index contributed by atoms with van der Waals surface area (Å²) in [5.41, 5.74) is -0.0576. The van der Waals surface area contributed by atoms with Crippen molar-refractivity contribution in [3.63, 3.8) is 0 Å². The minimum Gasteiger partial charge on any atom is -0.481 e. The third-order valence-electron chi connectivity index (χ3n) is 4.13. The summed E-state index contributed by atoms with van der Waals surface area (Å²) in [6.45, 7) is -0.432. The second kappa shape index (κ2) is 7.90. The van der Waals surface area contributed by atoms with E-state index in [9.17, 15) is 26.8 Å². The van der Waals surface area contributed by atoms with Gasteiger partial charge in [-0.05, 0) is 18.4 Å². The standard InChI is InChI=1S/C16H19F2NO5S/c17-13-3-1-2-12(16(13)18)9-19(6-4-15(21)22)14(20)8-11-5-7-25(23,24)10-11/h1-3,11H,4-10H2,(H,21,22)/t11-/m0/s1. The second-order valence-corrected chi connectivity index (χ2v) is 8.37. The number of benzene rings is 1. The highest BCUT2D eigenvalue weighted by Crippen LogP contribution is 2.23.